The van der Waals surface area contributed by atoms with Gasteiger partial charge in [-0.3, -0.25) is 4.79 Å². The number of likely N-dealkylation sites (N-methyl/N-ethyl adjacent to an activating group) is 1. The molecule has 6 nitrogen and oxygen atoms in total. The van der Waals surface area contributed by atoms with Crippen LogP contribution in [0.15, 0.2) is 0 Å². The molecule has 2 N–H and O–H groups in total. The SMILES string of the molecule is CC(C)C(CC(=O)O)NC(=O)N1CCN(C)C(C)C1. The van der Waals surface area contributed by atoms with Gasteiger partial charge in [-0.25, -0.2) is 4.79 Å². The van der Waals surface area contributed by atoms with Gasteiger partial charge in [0.2, 0.25) is 0 Å². The van der Waals surface area contributed by atoms with Gasteiger partial charge < -0.3 is 20.2 Å². The van der Waals surface area contributed by atoms with Gasteiger partial charge in [0.15, 0.2) is 0 Å². The second-order valence-corrected chi connectivity index (χ2v) is 5.67. The minimum absolute atomic E-state index is 0.0350. The van der Waals surface area contributed by atoms with E-state index in [-0.39, 0.29) is 24.4 Å². The van der Waals surface area contributed by atoms with Gasteiger partial charge in [0.25, 0.3) is 0 Å². The summed E-state index contributed by atoms with van der Waals surface area (Å²) in [6.07, 6.45) is -0.0350. The molecule has 0 aromatic rings. The first-order chi connectivity index (χ1) is 8.81. The number of nitrogens with zero attached hydrogens (tertiary/aromatic N) is 2. The first-order valence-electron chi connectivity index (χ1n) is 6.78. The van der Waals surface area contributed by atoms with Crippen molar-refractivity contribution in [2.45, 2.75) is 39.3 Å². The molecular weight excluding hydrogens is 246 g/mol. The number of carbonyl (C=O) groups is 2. The molecule has 1 rings (SSSR count). The van der Waals surface area contributed by atoms with Crippen molar-refractivity contribution in [1.82, 2.24) is 15.1 Å². The van der Waals surface area contributed by atoms with Crippen molar-refractivity contribution in [3.05, 3.63) is 0 Å². The van der Waals surface area contributed by atoms with Gasteiger partial charge in [-0.05, 0) is 19.9 Å². The van der Waals surface area contributed by atoms with Gasteiger partial charge in [0, 0.05) is 31.7 Å². The minimum atomic E-state index is -0.884. The Morgan fingerprint density at radius 1 is 1.37 bits per heavy atom. The monoisotopic (exact) mass is 271 g/mol. The second-order valence-electron chi connectivity index (χ2n) is 5.67. The first-order valence-corrected chi connectivity index (χ1v) is 6.78. The molecule has 0 radical (unpaired) electrons. The third-order valence-electron chi connectivity index (χ3n) is 3.76. The van der Waals surface area contributed by atoms with E-state index < -0.39 is 5.97 Å². The molecule has 2 atom stereocenters. The normalized spacial score (nSPS) is 22.4. The number of aliphatic carboxylic acids is 1. The lowest BCUT2D eigenvalue weighted by molar-refractivity contribution is -0.137. The van der Waals surface area contributed by atoms with Gasteiger partial charge in [-0.15, -0.1) is 0 Å². The van der Waals surface area contributed by atoms with Crippen LogP contribution in [-0.4, -0.2) is 65.7 Å². The summed E-state index contributed by atoms with van der Waals surface area (Å²) in [5, 5.41) is 11.7. The van der Waals surface area contributed by atoms with E-state index in [0.717, 1.165) is 6.54 Å². The molecule has 2 amide bonds. The van der Waals surface area contributed by atoms with Crippen LogP contribution in [0.1, 0.15) is 27.2 Å². The average molecular weight is 271 g/mol. The zero-order valence-corrected chi connectivity index (χ0v) is 12.2. The van der Waals surface area contributed by atoms with Gasteiger partial charge in [0.05, 0.1) is 6.42 Å². The number of piperazine rings is 1. The number of carboxylic acid groups (broad SMARTS) is 1. The van der Waals surface area contributed by atoms with Gasteiger partial charge >= 0.3 is 12.0 Å². The van der Waals surface area contributed by atoms with Gasteiger partial charge in [-0.1, -0.05) is 13.8 Å². The number of carboxylic acids is 1. The van der Waals surface area contributed by atoms with Crippen LogP contribution in [0, 0.1) is 5.92 Å². The van der Waals surface area contributed by atoms with E-state index in [1.165, 1.54) is 0 Å². The Bertz CT molecular complexity index is 333. The van der Waals surface area contributed by atoms with Crippen LogP contribution in [0.4, 0.5) is 4.79 Å². The smallest absolute Gasteiger partial charge is 0.317 e. The molecule has 0 bridgehead atoms. The lowest BCUT2D eigenvalue weighted by Gasteiger charge is -2.38. The Balaban J connectivity index is 2.54. The first kappa shape index (κ1) is 15.8. The number of carbonyl (C=O) groups excluding carboxylic acids is 1. The topological polar surface area (TPSA) is 72.9 Å². The number of hydrogen-bond acceptors (Lipinski definition) is 3. The summed E-state index contributed by atoms with van der Waals surface area (Å²) < 4.78 is 0. The maximum atomic E-state index is 12.2. The van der Waals surface area contributed by atoms with Crippen LogP contribution in [-0.2, 0) is 4.79 Å². The fourth-order valence-electron chi connectivity index (χ4n) is 2.12. The lowest BCUT2D eigenvalue weighted by atomic mass is 10.0. The molecule has 0 spiro atoms. The highest BCUT2D eigenvalue weighted by Crippen LogP contribution is 2.10. The molecule has 1 aliphatic heterocycles. The van der Waals surface area contributed by atoms with Crippen molar-refractivity contribution >= 4 is 12.0 Å². The van der Waals surface area contributed by atoms with E-state index in [9.17, 15) is 9.59 Å². The molecular formula is C13H25N3O3. The van der Waals surface area contributed by atoms with Crippen LogP contribution in [0.2, 0.25) is 0 Å². The molecule has 1 heterocycles. The summed E-state index contributed by atoms with van der Waals surface area (Å²) in [5.74, 6) is -0.782. The summed E-state index contributed by atoms with van der Waals surface area (Å²) in [4.78, 5) is 26.9. The zero-order chi connectivity index (χ0) is 14.6. The predicted molar refractivity (Wildman–Crippen MR) is 73.1 cm³/mol. The van der Waals surface area contributed by atoms with Crippen molar-refractivity contribution in [1.29, 1.82) is 0 Å². The second kappa shape index (κ2) is 6.75. The molecule has 0 aromatic carbocycles. The molecule has 6 heteroatoms. The molecule has 1 aliphatic rings. The van der Waals surface area contributed by atoms with Crippen molar-refractivity contribution in [3.63, 3.8) is 0 Å². The van der Waals surface area contributed by atoms with Crippen LogP contribution < -0.4 is 5.32 Å². The van der Waals surface area contributed by atoms with Crippen molar-refractivity contribution in [2.24, 2.45) is 5.92 Å². The summed E-state index contributed by atoms with van der Waals surface area (Å²) in [6, 6.07) is -0.142. The van der Waals surface area contributed by atoms with Gasteiger partial charge in [-0.2, -0.15) is 0 Å². The van der Waals surface area contributed by atoms with E-state index in [4.69, 9.17) is 5.11 Å². The maximum absolute atomic E-state index is 12.2. The highest BCUT2D eigenvalue weighted by molar-refractivity contribution is 5.76. The number of amides is 2. The maximum Gasteiger partial charge on any atom is 0.317 e. The van der Waals surface area contributed by atoms with Crippen LogP contribution >= 0.6 is 0 Å². The van der Waals surface area contributed by atoms with Crippen LogP contribution in [0.25, 0.3) is 0 Å². The van der Waals surface area contributed by atoms with Gasteiger partial charge in [0.1, 0.15) is 0 Å². The molecule has 110 valence electrons. The van der Waals surface area contributed by atoms with E-state index in [1.807, 2.05) is 20.9 Å². The zero-order valence-electron chi connectivity index (χ0n) is 12.2. The van der Waals surface area contributed by atoms with Crippen LogP contribution in [0.3, 0.4) is 0 Å². The quantitative estimate of drug-likeness (QED) is 0.794. The van der Waals surface area contributed by atoms with Crippen molar-refractivity contribution < 1.29 is 14.7 Å². The number of hydrogen-bond donors (Lipinski definition) is 2. The van der Waals surface area contributed by atoms with Crippen LogP contribution in [0.5, 0.6) is 0 Å². The molecule has 2 unspecified atom stereocenters. The predicted octanol–water partition coefficient (Wildman–Crippen LogP) is 0.831. The Kier molecular flexibility index (Phi) is 5.60. The Hall–Kier alpha value is -1.30. The Morgan fingerprint density at radius 3 is 2.47 bits per heavy atom. The summed E-state index contributed by atoms with van der Waals surface area (Å²) in [7, 11) is 2.04. The molecule has 0 aliphatic carbocycles. The molecule has 19 heavy (non-hydrogen) atoms. The molecule has 0 saturated carbocycles. The Labute approximate surface area is 114 Å². The number of urea groups is 1. The van der Waals surface area contributed by atoms with E-state index in [2.05, 4.69) is 17.1 Å². The molecule has 1 saturated heterocycles. The summed E-state index contributed by atoms with van der Waals surface area (Å²) >= 11 is 0. The average Bonchev–Trinajstić information content (AvgIpc) is 2.31. The van der Waals surface area contributed by atoms with Crippen molar-refractivity contribution in [2.75, 3.05) is 26.7 Å². The fraction of sp³-hybridized carbons (Fsp3) is 0.846. The third kappa shape index (κ3) is 4.70. The lowest BCUT2D eigenvalue weighted by Crippen LogP contribution is -2.56. The van der Waals surface area contributed by atoms with E-state index in [1.54, 1.807) is 4.90 Å². The molecule has 0 aromatic heterocycles. The molecule has 1 fully saturated rings. The summed E-state index contributed by atoms with van der Waals surface area (Å²) in [6.45, 7) is 8.13. The minimum Gasteiger partial charge on any atom is -0.481 e. The standard InChI is InChI=1S/C13H25N3O3/c1-9(2)11(7-12(17)18)14-13(19)16-6-5-15(4)10(3)8-16/h9-11H,5-8H2,1-4H3,(H,14,19)(H,17,18). The fourth-order valence-corrected chi connectivity index (χ4v) is 2.12. The van der Waals surface area contributed by atoms with E-state index >= 15 is 0 Å². The highest BCUT2D eigenvalue weighted by atomic mass is 16.4. The van der Waals surface area contributed by atoms with E-state index in [0.29, 0.717) is 19.1 Å². The largest absolute Gasteiger partial charge is 0.481 e. The summed E-state index contributed by atoms with van der Waals surface area (Å²) in [5.41, 5.74) is 0. The third-order valence-corrected chi connectivity index (χ3v) is 3.76. The number of nitrogens with one attached hydrogen (secondary N) is 1. The van der Waals surface area contributed by atoms with Crippen molar-refractivity contribution in [3.8, 4) is 0 Å². The highest BCUT2D eigenvalue weighted by Gasteiger charge is 2.27. The Morgan fingerprint density at radius 2 is 2.00 bits per heavy atom. The number of rotatable bonds is 4.